The lowest BCUT2D eigenvalue weighted by Crippen LogP contribution is -1.97. The average molecular weight is 881 g/mol. The summed E-state index contributed by atoms with van der Waals surface area (Å²) in [6.07, 6.45) is 0. The van der Waals surface area contributed by atoms with Crippen LogP contribution in [-0.2, 0) is 0 Å². The van der Waals surface area contributed by atoms with Gasteiger partial charge in [0, 0.05) is 65.8 Å². The van der Waals surface area contributed by atoms with Gasteiger partial charge in [0.2, 0.25) is 0 Å². The van der Waals surface area contributed by atoms with Crippen molar-refractivity contribution in [2.45, 2.75) is 0 Å². The number of para-hydroxylation sites is 5. The van der Waals surface area contributed by atoms with E-state index in [1.54, 1.807) is 0 Å². The smallest absolute Gasteiger partial charge is 0.161 e. The van der Waals surface area contributed by atoms with Gasteiger partial charge in [0.05, 0.1) is 39.1 Å². The molecule has 14 rings (SSSR count). The van der Waals surface area contributed by atoms with Crippen LogP contribution in [-0.4, -0.2) is 19.1 Å². The zero-order chi connectivity index (χ0) is 45.4. The fourth-order valence-electron chi connectivity index (χ4n) is 10.7. The van der Waals surface area contributed by atoms with E-state index in [4.69, 9.17) is 14.4 Å². The second kappa shape index (κ2) is 15.7. The Labute approximate surface area is 397 Å². The van der Waals surface area contributed by atoms with Crippen LogP contribution in [0.2, 0.25) is 0 Å². The minimum Gasteiger partial charge on any atom is -0.453 e. The lowest BCUT2D eigenvalue weighted by molar-refractivity contribution is 0.667. The van der Waals surface area contributed by atoms with Gasteiger partial charge in [-0.25, -0.2) is 9.97 Å². The van der Waals surface area contributed by atoms with Crippen molar-refractivity contribution in [1.82, 2.24) is 19.1 Å². The van der Waals surface area contributed by atoms with Gasteiger partial charge in [-0.3, -0.25) is 0 Å². The Balaban J connectivity index is 1.04. The molecule has 4 aromatic heterocycles. The van der Waals surface area contributed by atoms with E-state index in [0.717, 1.165) is 94.7 Å². The molecule has 69 heavy (non-hydrogen) atoms. The number of fused-ring (bicyclic) bond motifs is 9. The molecule has 5 heteroatoms. The van der Waals surface area contributed by atoms with Crippen LogP contribution in [0.1, 0.15) is 0 Å². The van der Waals surface area contributed by atoms with Crippen molar-refractivity contribution in [2.24, 2.45) is 0 Å². The number of aromatic nitrogens is 4. The van der Waals surface area contributed by atoms with E-state index in [0.29, 0.717) is 5.82 Å². The largest absolute Gasteiger partial charge is 0.453 e. The third-order valence-corrected chi connectivity index (χ3v) is 13.8. The highest BCUT2D eigenvalue weighted by Gasteiger charge is 2.24. The third kappa shape index (κ3) is 6.18. The van der Waals surface area contributed by atoms with E-state index >= 15 is 0 Å². The fourth-order valence-corrected chi connectivity index (χ4v) is 10.7. The molecule has 0 aliphatic heterocycles. The van der Waals surface area contributed by atoms with E-state index in [-0.39, 0.29) is 0 Å². The van der Waals surface area contributed by atoms with Crippen LogP contribution in [0.4, 0.5) is 0 Å². The number of hydrogen-bond acceptors (Lipinski definition) is 3. The number of nitrogens with zero attached hydrogens (tertiary/aromatic N) is 4. The summed E-state index contributed by atoms with van der Waals surface area (Å²) in [5.41, 5.74) is 17.3. The molecule has 0 fully saturated rings. The minimum atomic E-state index is 0.636. The molecule has 0 saturated heterocycles. The van der Waals surface area contributed by atoms with Crippen molar-refractivity contribution in [2.75, 3.05) is 0 Å². The summed E-state index contributed by atoms with van der Waals surface area (Å²) in [4.78, 5) is 10.7. The Kier molecular flexibility index (Phi) is 8.83. The fraction of sp³-hybridized carbons (Fsp3) is 0. The molecule has 322 valence electrons. The first kappa shape index (κ1) is 38.9. The van der Waals surface area contributed by atoms with E-state index in [9.17, 15) is 0 Å². The lowest BCUT2D eigenvalue weighted by Gasteiger charge is -2.13. The quantitative estimate of drug-likeness (QED) is 0.160. The highest BCUT2D eigenvalue weighted by atomic mass is 16.3. The molecule has 0 spiro atoms. The normalized spacial score (nSPS) is 11.8. The predicted octanol–water partition coefficient (Wildman–Crippen LogP) is 16.9. The van der Waals surface area contributed by atoms with Crippen LogP contribution >= 0.6 is 0 Å². The Morgan fingerprint density at radius 3 is 1.55 bits per heavy atom. The molecule has 0 unspecified atom stereocenters. The van der Waals surface area contributed by atoms with Gasteiger partial charge in [0.25, 0.3) is 0 Å². The second-order valence-electron chi connectivity index (χ2n) is 17.7. The van der Waals surface area contributed by atoms with Gasteiger partial charge < -0.3 is 13.6 Å². The molecule has 0 aliphatic rings. The minimum absolute atomic E-state index is 0.636. The van der Waals surface area contributed by atoms with Gasteiger partial charge in [-0.1, -0.05) is 188 Å². The van der Waals surface area contributed by atoms with Crippen LogP contribution in [0.5, 0.6) is 0 Å². The van der Waals surface area contributed by atoms with Gasteiger partial charge in [0.1, 0.15) is 5.58 Å². The molecule has 0 N–H and O–H groups in total. The molecule has 10 aromatic carbocycles. The van der Waals surface area contributed by atoms with Crippen molar-refractivity contribution in [3.8, 4) is 67.5 Å². The van der Waals surface area contributed by atoms with E-state index in [1.807, 2.05) is 12.1 Å². The van der Waals surface area contributed by atoms with Crippen molar-refractivity contribution >= 4 is 65.6 Å². The maximum absolute atomic E-state index is 7.37. The van der Waals surface area contributed by atoms with E-state index in [2.05, 4.69) is 240 Å². The first-order valence-electron chi connectivity index (χ1n) is 23.4. The highest BCUT2D eigenvalue weighted by Crippen LogP contribution is 2.46. The maximum Gasteiger partial charge on any atom is 0.161 e. The van der Waals surface area contributed by atoms with Gasteiger partial charge in [-0.05, 0) is 65.7 Å². The number of benzene rings is 10. The zero-order valence-electron chi connectivity index (χ0n) is 37.3. The summed E-state index contributed by atoms with van der Waals surface area (Å²) in [7, 11) is 0. The van der Waals surface area contributed by atoms with Crippen molar-refractivity contribution < 1.29 is 4.42 Å². The Morgan fingerprint density at radius 1 is 0.319 bits per heavy atom. The maximum atomic E-state index is 7.37. The number of furan rings is 1. The Hall–Kier alpha value is -9.32. The summed E-state index contributed by atoms with van der Waals surface area (Å²) in [5.74, 6) is 0.636. The summed E-state index contributed by atoms with van der Waals surface area (Å²) in [6.45, 7) is 0. The topological polar surface area (TPSA) is 48.8 Å². The molecule has 0 atom stereocenters. The predicted molar refractivity (Wildman–Crippen MR) is 285 cm³/mol. The molecule has 4 heterocycles. The van der Waals surface area contributed by atoms with Crippen LogP contribution in [0.25, 0.3) is 133 Å². The number of rotatable bonds is 7. The molecule has 0 radical (unpaired) electrons. The number of hydrogen-bond donors (Lipinski definition) is 0. The lowest BCUT2D eigenvalue weighted by atomic mass is 9.97. The SMILES string of the molecule is c1ccc(-c2cc(-c3ccccc3)nc(-c3ccc(-c4ccccc4)c4oc5c(-n6c7ccccc7c7ccc(-c8cccc9c%10ccccc%10n(-c%10ccccc%10)c89)cc76)cccc5c34)n2)cc1. The molecule has 0 amide bonds. The van der Waals surface area contributed by atoms with Crippen molar-refractivity contribution in [3.05, 3.63) is 243 Å². The standard InChI is InChI=1S/C64H40N4O/c1-5-19-41(20-6-1)47-37-38-53(64-65-54(42-21-7-2-8-22-42)40-55(66-64)43-23-9-3-10-24-43)60-52-31-18-34-58(62(52)69-63(47)60)68-57-33-16-13-27-48(57)50-36-35-44(39-59(50)68)46-29-17-30-51-49-28-14-15-32-56(49)67(61(46)51)45-25-11-4-12-26-45/h1-40H. The zero-order valence-corrected chi connectivity index (χ0v) is 37.3. The Bertz CT molecular complexity index is 4230. The van der Waals surface area contributed by atoms with Gasteiger partial charge in [-0.15, -0.1) is 0 Å². The molecular weight excluding hydrogens is 841 g/mol. The molecule has 5 nitrogen and oxygen atoms in total. The first-order valence-corrected chi connectivity index (χ1v) is 23.4. The average Bonchev–Trinajstić information content (AvgIpc) is 4.10. The van der Waals surface area contributed by atoms with Crippen molar-refractivity contribution in [1.29, 1.82) is 0 Å². The van der Waals surface area contributed by atoms with E-state index < -0.39 is 0 Å². The van der Waals surface area contributed by atoms with Crippen molar-refractivity contribution in [3.63, 3.8) is 0 Å². The van der Waals surface area contributed by atoms with Crippen LogP contribution in [0.3, 0.4) is 0 Å². The molecular formula is C64H40N4O. The molecule has 0 bridgehead atoms. The van der Waals surface area contributed by atoms with Crippen LogP contribution < -0.4 is 0 Å². The first-order chi connectivity index (χ1) is 34.2. The summed E-state index contributed by atoms with van der Waals surface area (Å²) in [6, 6.07) is 86.0. The van der Waals surface area contributed by atoms with Crippen LogP contribution in [0.15, 0.2) is 247 Å². The third-order valence-electron chi connectivity index (χ3n) is 13.8. The summed E-state index contributed by atoms with van der Waals surface area (Å²) >= 11 is 0. The van der Waals surface area contributed by atoms with Gasteiger partial charge in [-0.2, -0.15) is 0 Å². The highest BCUT2D eigenvalue weighted by molar-refractivity contribution is 6.19. The molecule has 0 aliphatic carbocycles. The summed E-state index contributed by atoms with van der Waals surface area (Å²) < 4.78 is 12.2. The van der Waals surface area contributed by atoms with Gasteiger partial charge >= 0.3 is 0 Å². The molecule has 14 aromatic rings. The summed E-state index contributed by atoms with van der Waals surface area (Å²) in [5, 5.41) is 6.76. The Morgan fingerprint density at radius 2 is 0.855 bits per heavy atom. The molecule has 0 saturated carbocycles. The monoisotopic (exact) mass is 880 g/mol. The van der Waals surface area contributed by atoms with E-state index in [1.165, 1.54) is 32.6 Å². The van der Waals surface area contributed by atoms with Crippen LogP contribution in [0, 0.1) is 0 Å². The second-order valence-corrected chi connectivity index (χ2v) is 17.7. The van der Waals surface area contributed by atoms with Gasteiger partial charge in [0.15, 0.2) is 11.4 Å².